The third-order valence-electron chi connectivity index (χ3n) is 5.77. The molecule has 0 unspecified atom stereocenters. The average Bonchev–Trinajstić information content (AvgIpc) is 2.90. The van der Waals surface area contributed by atoms with E-state index < -0.39 is 21.9 Å². The number of aromatic hydroxyl groups is 2. The Bertz CT molecular complexity index is 633. The van der Waals surface area contributed by atoms with Crippen LogP contribution in [0.5, 0.6) is 11.8 Å². The number of aromatic nitrogens is 1. The molecule has 6 nitrogen and oxygen atoms in total. The highest BCUT2D eigenvalue weighted by molar-refractivity contribution is 7.86. The summed E-state index contributed by atoms with van der Waals surface area (Å²) in [5, 5.41) is 19.0. The fourth-order valence-electron chi connectivity index (χ4n) is 4.26. The molecule has 0 atom stereocenters. The van der Waals surface area contributed by atoms with Crippen LogP contribution >= 0.6 is 0 Å². The van der Waals surface area contributed by atoms with E-state index in [4.69, 9.17) is 4.28 Å². The van der Waals surface area contributed by atoms with Crippen molar-refractivity contribution in [2.75, 3.05) is 5.75 Å². The van der Waals surface area contributed by atoms with Gasteiger partial charge in [0.25, 0.3) is 0 Å². The van der Waals surface area contributed by atoms with Crippen molar-refractivity contribution in [2.24, 2.45) is 16.7 Å². The van der Waals surface area contributed by atoms with Crippen LogP contribution in [-0.2, 0) is 10.1 Å². The molecule has 0 amide bonds. The molecule has 2 aliphatic carbocycles. The molecule has 2 N–H and O–H groups in total. The standard InChI is InChI=1S/C14H21NO5S/c1-13(2)10-5-7-14(13,8-6-10)9-21(18,19)20-15-11(16)3-4-12(15)17/h3-4,10,16-17H,5-9H2,1-2H3. The van der Waals surface area contributed by atoms with Crippen LogP contribution in [0.3, 0.4) is 0 Å². The first-order valence-electron chi connectivity index (χ1n) is 7.19. The summed E-state index contributed by atoms with van der Waals surface area (Å²) in [6.07, 6.45) is 3.89. The second-order valence-corrected chi connectivity index (χ2v) is 8.45. The van der Waals surface area contributed by atoms with Gasteiger partial charge in [-0.25, -0.2) is 0 Å². The first kappa shape index (κ1) is 14.6. The molecular weight excluding hydrogens is 294 g/mol. The topological polar surface area (TPSA) is 88.8 Å². The van der Waals surface area contributed by atoms with Gasteiger partial charge in [-0.3, -0.25) is 4.28 Å². The van der Waals surface area contributed by atoms with Gasteiger partial charge in [-0.2, -0.15) is 8.42 Å². The first-order chi connectivity index (χ1) is 9.67. The summed E-state index contributed by atoms with van der Waals surface area (Å²) < 4.78 is 30.2. The van der Waals surface area contributed by atoms with Crippen LogP contribution in [-0.4, -0.2) is 29.1 Å². The van der Waals surface area contributed by atoms with Gasteiger partial charge < -0.3 is 10.2 Å². The van der Waals surface area contributed by atoms with Gasteiger partial charge in [-0.05, 0) is 42.4 Å². The molecule has 0 aromatic carbocycles. The summed E-state index contributed by atoms with van der Waals surface area (Å²) in [6.45, 7) is 4.27. The van der Waals surface area contributed by atoms with Crippen LogP contribution in [0.4, 0.5) is 0 Å². The molecule has 0 spiro atoms. The monoisotopic (exact) mass is 315 g/mol. The molecule has 0 radical (unpaired) electrons. The fourth-order valence-corrected chi connectivity index (χ4v) is 6.03. The van der Waals surface area contributed by atoms with Crippen LogP contribution in [0.15, 0.2) is 12.1 Å². The largest absolute Gasteiger partial charge is 0.492 e. The van der Waals surface area contributed by atoms with Crippen LogP contribution in [0.25, 0.3) is 0 Å². The number of nitrogens with zero attached hydrogens (tertiary/aromatic N) is 1. The van der Waals surface area contributed by atoms with Crippen molar-refractivity contribution in [3.05, 3.63) is 12.1 Å². The van der Waals surface area contributed by atoms with E-state index in [-0.39, 0.29) is 16.6 Å². The molecule has 118 valence electrons. The Morgan fingerprint density at radius 3 is 2.19 bits per heavy atom. The highest BCUT2D eigenvalue weighted by Gasteiger charge is 2.60. The van der Waals surface area contributed by atoms with E-state index in [9.17, 15) is 18.6 Å². The van der Waals surface area contributed by atoms with Crippen molar-refractivity contribution in [3.63, 3.8) is 0 Å². The molecule has 2 fully saturated rings. The van der Waals surface area contributed by atoms with Gasteiger partial charge in [0.2, 0.25) is 11.8 Å². The van der Waals surface area contributed by atoms with E-state index in [1.165, 1.54) is 12.1 Å². The van der Waals surface area contributed by atoms with Gasteiger partial charge in [0.1, 0.15) is 0 Å². The zero-order chi connectivity index (χ0) is 15.5. The third kappa shape index (κ3) is 2.09. The van der Waals surface area contributed by atoms with Crippen molar-refractivity contribution in [1.29, 1.82) is 0 Å². The maximum atomic E-state index is 12.4. The predicted molar refractivity (Wildman–Crippen MR) is 76.3 cm³/mol. The van der Waals surface area contributed by atoms with Gasteiger partial charge in [0, 0.05) is 12.1 Å². The molecule has 1 heterocycles. The smallest absolute Gasteiger partial charge is 0.327 e. The maximum Gasteiger partial charge on any atom is 0.327 e. The fraction of sp³-hybridized carbons (Fsp3) is 0.714. The minimum atomic E-state index is -3.90. The SMILES string of the molecule is CC1(C)C2CCC1(CS(=O)(=O)On1c(O)ccc1O)CC2. The quantitative estimate of drug-likeness (QED) is 0.885. The van der Waals surface area contributed by atoms with Crippen molar-refractivity contribution in [1.82, 2.24) is 4.73 Å². The molecule has 1 aromatic rings. The van der Waals surface area contributed by atoms with Gasteiger partial charge >= 0.3 is 10.1 Å². The molecule has 3 rings (SSSR count). The van der Waals surface area contributed by atoms with Crippen molar-refractivity contribution in [2.45, 2.75) is 39.5 Å². The molecule has 21 heavy (non-hydrogen) atoms. The summed E-state index contributed by atoms with van der Waals surface area (Å²) in [5.41, 5.74) is -0.293. The van der Waals surface area contributed by atoms with Gasteiger partial charge in [-0.15, -0.1) is 0 Å². The number of hydrogen-bond acceptors (Lipinski definition) is 5. The van der Waals surface area contributed by atoms with Gasteiger partial charge in [0.05, 0.1) is 5.75 Å². The lowest BCUT2D eigenvalue weighted by atomic mass is 9.71. The molecule has 2 saturated carbocycles. The zero-order valence-electron chi connectivity index (χ0n) is 12.2. The second kappa shape index (κ2) is 4.32. The second-order valence-electron chi connectivity index (χ2n) is 6.90. The minimum absolute atomic E-state index is 0.0236. The van der Waals surface area contributed by atoms with Crippen molar-refractivity contribution in [3.8, 4) is 11.8 Å². The molecule has 2 aliphatic rings. The summed E-state index contributed by atoms with van der Waals surface area (Å²) in [6, 6.07) is 2.35. The highest BCUT2D eigenvalue weighted by Crippen LogP contribution is 2.66. The Labute approximate surface area is 124 Å². The van der Waals surface area contributed by atoms with E-state index >= 15 is 0 Å². The number of hydrogen-bond donors (Lipinski definition) is 2. The van der Waals surface area contributed by atoms with Crippen LogP contribution in [0, 0.1) is 16.7 Å². The van der Waals surface area contributed by atoms with E-state index in [1.807, 2.05) is 0 Å². The normalized spacial score (nSPS) is 30.7. The molecule has 2 bridgehead atoms. The van der Waals surface area contributed by atoms with Gasteiger partial charge in [0.15, 0.2) is 0 Å². The minimum Gasteiger partial charge on any atom is -0.492 e. The first-order valence-corrected chi connectivity index (χ1v) is 8.77. The summed E-state index contributed by atoms with van der Waals surface area (Å²) in [4.78, 5) is 0. The predicted octanol–water partition coefficient (Wildman–Crippen LogP) is 1.87. The highest BCUT2D eigenvalue weighted by atomic mass is 32.2. The Morgan fingerprint density at radius 2 is 1.76 bits per heavy atom. The summed E-state index contributed by atoms with van der Waals surface area (Å²) in [5.74, 6) is -0.395. The molecule has 1 aromatic heterocycles. The lowest BCUT2D eigenvalue weighted by molar-refractivity contribution is 0.144. The number of fused-ring (bicyclic) bond motifs is 2. The maximum absolute atomic E-state index is 12.4. The van der Waals surface area contributed by atoms with Crippen molar-refractivity contribution < 1.29 is 22.9 Å². The Hall–Kier alpha value is -1.37. The number of rotatable bonds is 4. The third-order valence-corrected chi connectivity index (χ3v) is 7.05. The van der Waals surface area contributed by atoms with E-state index in [0.717, 1.165) is 25.7 Å². The van der Waals surface area contributed by atoms with E-state index in [0.29, 0.717) is 10.6 Å². The molecule has 7 heteroatoms. The van der Waals surface area contributed by atoms with Crippen LogP contribution < -0.4 is 4.28 Å². The average molecular weight is 315 g/mol. The zero-order valence-corrected chi connectivity index (χ0v) is 13.1. The summed E-state index contributed by atoms with van der Waals surface area (Å²) >= 11 is 0. The molecule has 0 saturated heterocycles. The van der Waals surface area contributed by atoms with Crippen molar-refractivity contribution >= 4 is 10.1 Å². The summed E-state index contributed by atoms with van der Waals surface area (Å²) in [7, 11) is -3.90. The lowest BCUT2D eigenvalue weighted by Gasteiger charge is -2.37. The van der Waals surface area contributed by atoms with Gasteiger partial charge in [-0.1, -0.05) is 18.6 Å². The van der Waals surface area contributed by atoms with Crippen LogP contribution in [0.2, 0.25) is 0 Å². The van der Waals surface area contributed by atoms with E-state index in [1.54, 1.807) is 0 Å². The van der Waals surface area contributed by atoms with Crippen LogP contribution in [0.1, 0.15) is 39.5 Å². The Kier molecular flexibility index (Phi) is 2.99. The van der Waals surface area contributed by atoms with E-state index in [2.05, 4.69) is 13.8 Å². The molecule has 0 aliphatic heterocycles. The Balaban J connectivity index is 1.84. The Morgan fingerprint density at radius 1 is 1.24 bits per heavy atom. The lowest BCUT2D eigenvalue weighted by Crippen LogP contribution is -2.39. The molecular formula is C14H21NO5S.